The molecule has 0 radical (unpaired) electrons. The molecule has 3 N–H and O–H groups in total. The maximum Gasteiger partial charge on any atom is 0.246 e. The van der Waals surface area contributed by atoms with Gasteiger partial charge in [-0.1, -0.05) is 44.2 Å². The van der Waals surface area contributed by atoms with Crippen LogP contribution in [0.3, 0.4) is 0 Å². The molecule has 0 fully saturated rings. The third kappa shape index (κ3) is 4.42. The summed E-state index contributed by atoms with van der Waals surface area (Å²) < 4.78 is 0. The van der Waals surface area contributed by atoms with Crippen LogP contribution in [-0.2, 0) is 22.7 Å². The van der Waals surface area contributed by atoms with Crippen LogP contribution in [0.25, 0.3) is 0 Å². The lowest BCUT2D eigenvalue weighted by Gasteiger charge is -2.20. The highest BCUT2D eigenvalue weighted by Gasteiger charge is 2.22. The van der Waals surface area contributed by atoms with Gasteiger partial charge < -0.3 is 16.0 Å². The second kappa shape index (κ2) is 7.42. The Hall–Kier alpha value is -2.14. The highest BCUT2D eigenvalue weighted by atomic mass is 16.2. The molecular formula is C18H25N3O2. The fourth-order valence-corrected chi connectivity index (χ4v) is 2.51. The first-order valence-electron chi connectivity index (χ1n) is 7.98. The number of hydrogen-bond donors (Lipinski definition) is 2. The third-order valence-electron chi connectivity index (χ3n) is 4.04. The molecule has 1 aliphatic rings. The highest BCUT2D eigenvalue weighted by molar-refractivity contribution is 5.88. The van der Waals surface area contributed by atoms with Gasteiger partial charge in [0.05, 0.1) is 6.04 Å². The summed E-state index contributed by atoms with van der Waals surface area (Å²) in [6.45, 7) is 6.90. The Morgan fingerprint density at radius 3 is 2.22 bits per heavy atom. The highest BCUT2D eigenvalue weighted by Crippen LogP contribution is 2.22. The van der Waals surface area contributed by atoms with Crippen LogP contribution in [0, 0.1) is 5.92 Å². The predicted molar refractivity (Wildman–Crippen MR) is 90.3 cm³/mol. The first-order chi connectivity index (χ1) is 10.9. The molecule has 124 valence electrons. The Balaban J connectivity index is 1.98. The molecule has 1 heterocycles. The van der Waals surface area contributed by atoms with Gasteiger partial charge in [-0.15, -0.1) is 0 Å². The molecule has 5 heteroatoms. The number of nitrogens with zero attached hydrogens (tertiary/aromatic N) is 1. The minimum atomic E-state index is -0.562. The SMILES string of the molecule is CC(C)[C@@H](/C=C/C(=O)N1Cc2ccccc2C1)NC(=O)[C@H](C)N. The van der Waals surface area contributed by atoms with Gasteiger partial charge >= 0.3 is 0 Å². The lowest BCUT2D eigenvalue weighted by molar-refractivity contribution is -0.126. The van der Waals surface area contributed by atoms with Gasteiger partial charge in [-0.05, 0) is 24.0 Å². The van der Waals surface area contributed by atoms with Gasteiger partial charge in [0.25, 0.3) is 0 Å². The molecule has 0 aliphatic carbocycles. The van der Waals surface area contributed by atoms with E-state index in [1.54, 1.807) is 24.0 Å². The van der Waals surface area contributed by atoms with Crippen molar-refractivity contribution in [3.8, 4) is 0 Å². The van der Waals surface area contributed by atoms with Crippen molar-refractivity contribution in [2.75, 3.05) is 0 Å². The van der Waals surface area contributed by atoms with Crippen molar-refractivity contribution < 1.29 is 9.59 Å². The number of benzene rings is 1. The number of nitrogens with one attached hydrogen (secondary N) is 1. The smallest absolute Gasteiger partial charge is 0.246 e. The van der Waals surface area contributed by atoms with E-state index in [0.717, 1.165) is 0 Å². The minimum absolute atomic E-state index is 0.0399. The molecular weight excluding hydrogens is 290 g/mol. The average Bonchev–Trinajstić information content (AvgIpc) is 2.94. The average molecular weight is 315 g/mol. The molecule has 1 aromatic carbocycles. The molecule has 0 unspecified atom stereocenters. The van der Waals surface area contributed by atoms with E-state index >= 15 is 0 Å². The minimum Gasteiger partial charge on any atom is -0.348 e. The summed E-state index contributed by atoms with van der Waals surface area (Å²) in [5.74, 6) is -0.0752. The Kier molecular flexibility index (Phi) is 5.55. The summed E-state index contributed by atoms with van der Waals surface area (Å²) in [6.07, 6.45) is 3.31. The van der Waals surface area contributed by atoms with Crippen molar-refractivity contribution in [1.29, 1.82) is 0 Å². The largest absolute Gasteiger partial charge is 0.348 e. The van der Waals surface area contributed by atoms with Gasteiger partial charge in [-0.25, -0.2) is 0 Å². The van der Waals surface area contributed by atoms with E-state index in [-0.39, 0.29) is 23.8 Å². The molecule has 23 heavy (non-hydrogen) atoms. The fraction of sp³-hybridized carbons (Fsp3) is 0.444. The summed E-state index contributed by atoms with van der Waals surface area (Å²) >= 11 is 0. The van der Waals surface area contributed by atoms with Crippen LogP contribution >= 0.6 is 0 Å². The quantitative estimate of drug-likeness (QED) is 0.810. The van der Waals surface area contributed by atoms with Crippen molar-refractivity contribution in [3.63, 3.8) is 0 Å². The molecule has 0 saturated heterocycles. The zero-order valence-electron chi connectivity index (χ0n) is 14.0. The Morgan fingerprint density at radius 1 is 1.17 bits per heavy atom. The second-order valence-electron chi connectivity index (χ2n) is 6.39. The van der Waals surface area contributed by atoms with Crippen molar-refractivity contribution in [3.05, 3.63) is 47.5 Å². The summed E-state index contributed by atoms with van der Waals surface area (Å²) in [5, 5.41) is 2.86. The van der Waals surface area contributed by atoms with Crippen LogP contribution in [0.4, 0.5) is 0 Å². The molecule has 2 atom stereocenters. The predicted octanol–water partition coefficient (Wildman–Crippen LogP) is 1.57. The lowest BCUT2D eigenvalue weighted by atomic mass is 10.0. The summed E-state index contributed by atoms with van der Waals surface area (Å²) in [4.78, 5) is 25.9. The van der Waals surface area contributed by atoms with E-state index in [1.807, 2.05) is 38.1 Å². The molecule has 0 saturated carbocycles. The summed E-state index contributed by atoms with van der Waals surface area (Å²) in [6, 6.07) is 7.30. The van der Waals surface area contributed by atoms with Crippen LogP contribution in [0.2, 0.25) is 0 Å². The van der Waals surface area contributed by atoms with E-state index in [1.165, 1.54) is 11.1 Å². The molecule has 1 aromatic rings. The van der Waals surface area contributed by atoms with Crippen LogP contribution in [0.5, 0.6) is 0 Å². The van der Waals surface area contributed by atoms with Crippen LogP contribution < -0.4 is 11.1 Å². The first-order valence-corrected chi connectivity index (χ1v) is 7.98. The van der Waals surface area contributed by atoms with E-state index in [2.05, 4.69) is 5.32 Å². The fourth-order valence-electron chi connectivity index (χ4n) is 2.51. The zero-order chi connectivity index (χ0) is 17.0. The summed E-state index contributed by atoms with van der Waals surface area (Å²) in [5.41, 5.74) is 7.97. The van der Waals surface area contributed by atoms with Crippen LogP contribution in [0.15, 0.2) is 36.4 Å². The third-order valence-corrected chi connectivity index (χ3v) is 4.04. The monoisotopic (exact) mass is 315 g/mol. The van der Waals surface area contributed by atoms with Gasteiger partial charge in [-0.3, -0.25) is 9.59 Å². The molecule has 5 nitrogen and oxygen atoms in total. The van der Waals surface area contributed by atoms with E-state index in [4.69, 9.17) is 5.73 Å². The summed E-state index contributed by atoms with van der Waals surface area (Å²) in [7, 11) is 0. The lowest BCUT2D eigenvalue weighted by Crippen LogP contribution is -2.45. The normalized spacial score (nSPS) is 16.5. The Labute approximate surface area is 137 Å². The van der Waals surface area contributed by atoms with Crippen LogP contribution in [-0.4, -0.2) is 28.8 Å². The van der Waals surface area contributed by atoms with E-state index in [9.17, 15) is 9.59 Å². The molecule has 1 aliphatic heterocycles. The first kappa shape index (κ1) is 17.2. The van der Waals surface area contributed by atoms with E-state index < -0.39 is 6.04 Å². The van der Waals surface area contributed by atoms with Crippen molar-refractivity contribution in [2.24, 2.45) is 11.7 Å². The Morgan fingerprint density at radius 2 is 1.74 bits per heavy atom. The topological polar surface area (TPSA) is 75.4 Å². The maximum absolute atomic E-state index is 12.4. The number of carbonyl (C=O) groups excluding carboxylic acids is 2. The molecule has 2 rings (SSSR count). The maximum atomic E-state index is 12.4. The molecule has 0 aromatic heterocycles. The van der Waals surface area contributed by atoms with Gasteiger partial charge in [0.1, 0.15) is 0 Å². The number of hydrogen-bond acceptors (Lipinski definition) is 3. The molecule has 0 spiro atoms. The number of fused-ring (bicyclic) bond motifs is 1. The van der Waals surface area contributed by atoms with Gasteiger partial charge in [0.15, 0.2) is 0 Å². The number of amides is 2. The van der Waals surface area contributed by atoms with Gasteiger partial charge in [0, 0.05) is 25.2 Å². The van der Waals surface area contributed by atoms with Gasteiger partial charge in [-0.2, -0.15) is 0 Å². The standard InChI is InChI=1S/C18H25N3O2/c1-12(2)16(20-18(23)13(3)19)8-9-17(22)21-10-14-6-4-5-7-15(14)11-21/h4-9,12-13,16H,10-11,19H2,1-3H3,(H,20,23)/b9-8+/t13-,16+/m0/s1. The Bertz CT molecular complexity index is 583. The number of nitrogens with two attached hydrogens (primary N) is 1. The molecule has 2 amide bonds. The van der Waals surface area contributed by atoms with Crippen molar-refractivity contribution in [2.45, 2.75) is 45.9 Å². The van der Waals surface area contributed by atoms with Gasteiger partial charge in [0.2, 0.25) is 11.8 Å². The molecule has 0 bridgehead atoms. The second-order valence-corrected chi connectivity index (χ2v) is 6.39. The van der Waals surface area contributed by atoms with Crippen LogP contribution in [0.1, 0.15) is 31.9 Å². The zero-order valence-corrected chi connectivity index (χ0v) is 14.0. The van der Waals surface area contributed by atoms with E-state index in [0.29, 0.717) is 13.1 Å². The number of carbonyl (C=O) groups is 2. The van der Waals surface area contributed by atoms with Crippen molar-refractivity contribution >= 4 is 11.8 Å². The number of rotatable bonds is 5. The van der Waals surface area contributed by atoms with Crippen molar-refractivity contribution in [1.82, 2.24) is 10.2 Å².